The number of allylic oxidation sites excluding steroid dienone is 1. The molecule has 2 rings (SSSR count). The number of rotatable bonds is 3. The van der Waals surface area contributed by atoms with Crippen LogP contribution in [0.3, 0.4) is 0 Å². The number of benzene rings is 1. The number of para-hydroxylation sites is 1. The molecule has 1 unspecified atom stereocenters. The summed E-state index contributed by atoms with van der Waals surface area (Å²) in [5.41, 5.74) is 0.168. The molecule has 1 aromatic heterocycles. The van der Waals surface area contributed by atoms with E-state index in [0.29, 0.717) is 17.4 Å². The Morgan fingerprint density at radius 3 is 2.78 bits per heavy atom. The van der Waals surface area contributed by atoms with Crippen LogP contribution in [0.25, 0.3) is 10.9 Å². The van der Waals surface area contributed by atoms with E-state index in [1.807, 2.05) is 0 Å². The largest absolute Gasteiger partial charge is 0.611 e. The Morgan fingerprint density at radius 1 is 1.50 bits per heavy atom. The summed E-state index contributed by atoms with van der Waals surface area (Å²) in [6.45, 7) is 3.91. The fraction of sp³-hybridized carbons (Fsp3) is 0.154. The maximum Gasteiger partial charge on any atom is 0.310 e. The normalized spacial score (nSPS) is 12.6. The Kier molecular flexibility index (Phi) is 3.45. The Balaban J connectivity index is 2.96. The summed E-state index contributed by atoms with van der Waals surface area (Å²) >= 11 is -1.54. The van der Waals surface area contributed by atoms with Crippen molar-refractivity contribution in [3.05, 3.63) is 47.3 Å². The molecule has 1 aromatic carbocycles. The Labute approximate surface area is 107 Å². The highest BCUT2D eigenvalue weighted by Gasteiger charge is 2.22. The van der Waals surface area contributed by atoms with Crippen molar-refractivity contribution < 1.29 is 9.66 Å². The molecule has 1 atom stereocenters. The van der Waals surface area contributed by atoms with Crippen LogP contribution >= 0.6 is 0 Å². The van der Waals surface area contributed by atoms with Gasteiger partial charge in [0.1, 0.15) is 6.26 Å². The number of hydrogen-bond donors (Lipinski definition) is 1. The predicted octanol–water partition coefficient (Wildman–Crippen LogP) is 1.63. The molecular formula is C13H13NO3S. The highest BCUT2D eigenvalue weighted by atomic mass is 32.2. The standard InChI is InChI=1S/C13H13NO3S/c1-3-8-14-10-7-5-4-6-9(10)11(15)12(13(14)16)18(2)17/h3-7,15H,1,8H2,2H3. The van der Waals surface area contributed by atoms with Crippen LogP contribution in [0.5, 0.6) is 5.75 Å². The summed E-state index contributed by atoms with van der Waals surface area (Å²) in [5.74, 6) is -0.197. The van der Waals surface area contributed by atoms with Crippen molar-refractivity contribution in [2.75, 3.05) is 6.26 Å². The zero-order chi connectivity index (χ0) is 13.3. The van der Waals surface area contributed by atoms with E-state index in [4.69, 9.17) is 0 Å². The lowest BCUT2D eigenvalue weighted by Crippen LogP contribution is -2.26. The van der Waals surface area contributed by atoms with E-state index >= 15 is 0 Å². The third-order valence-corrected chi connectivity index (χ3v) is 3.65. The van der Waals surface area contributed by atoms with Gasteiger partial charge in [0.2, 0.25) is 0 Å². The first kappa shape index (κ1) is 12.7. The molecule has 1 heterocycles. The van der Waals surface area contributed by atoms with Gasteiger partial charge in [0.15, 0.2) is 5.75 Å². The predicted molar refractivity (Wildman–Crippen MR) is 72.4 cm³/mol. The van der Waals surface area contributed by atoms with Gasteiger partial charge in [0.25, 0.3) is 4.90 Å². The first-order valence-corrected chi connectivity index (χ1v) is 6.92. The summed E-state index contributed by atoms with van der Waals surface area (Å²) in [6.07, 6.45) is 2.97. The first-order valence-electron chi connectivity index (χ1n) is 5.36. The van der Waals surface area contributed by atoms with Crippen LogP contribution in [-0.4, -0.2) is 20.5 Å². The van der Waals surface area contributed by atoms with Crippen molar-refractivity contribution in [1.82, 2.24) is 4.57 Å². The molecule has 0 saturated carbocycles. The second kappa shape index (κ2) is 4.88. The zero-order valence-corrected chi connectivity index (χ0v) is 10.7. The maximum atomic E-state index is 12.2. The van der Waals surface area contributed by atoms with Gasteiger partial charge in [-0.05, 0) is 23.3 Å². The number of aromatic hydroxyl groups is 1. The molecular weight excluding hydrogens is 250 g/mol. The van der Waals surface area contributed by atoms with E-state index in [-0.39, 0.29) is 10.6 Å². The highest BCUT2D eigenvalue weighted by Crippen LogP contribution is 2.28. The van der Waals surface area contributed by atoms with Crippen LogP contribution in [0, 0.1) is 0 Å². The van der Waals surface area contributed by atoms with Crippen molar-refractivity contribution in [3.63, 3.8) is 0 Å². The Bertz CT molecular complexity index is 661. The lowest BCUT2D eigenvalue weighted by molar-refractivity contribution is 0.460. The fourth-order valence-corrected chi connectivity index (χ4v) is 2.67. The molecule has 2 aromatic rings. The van der Waals surface area contributed by atoms with Gasteiger partial charge in [-0.1, -0.05) is 18.2 Å². The summed E-state index contributed by atoms with van der Waals surface area (Å²) in [5, 5.41) is 10.6. The van der Waals surface area contributed by atoms with Gasteiger partial charge >= 0.3 is 5.56 Å². The van der Waals surface area contributed by atoms with Crippen molar-refractivity contribution >= 4 is 22.1 Å². The van der Waals surface area contributed by atoms with Crippen LogP contribution in [0.2, 0.25) is 0 Å². The molecule has 94 valence electrons. The molecule has 0 aliphatic heterocycles. The van der Waals surface area contributed by atoms with E-state index in [2.05, 4.69) is 6.58 Å². The maximum absolute atomic E-state index is 12.2. The van der Waals surface area contributed by atoms with Gasteiger partial charge in [0, 0.05) is 11.9 Å². The summed E-state index contributed by atoms with van der Waals surface area (Å²) < 4.78 is 13.1. The molecule has 0 fully saturated rings. The lowest BCUT2D eigenvalue weighted by atomic mass is 10.2. The molecule has 0 saturated heterocycles. The van der Waals surface area contributed by atoms with Crippen molar-refractivity contribution in [2.45, 2.75) is 11.4 Å². The van der Waals surface area contributed by atoms with Crippen LogP contribution in [0.4, 0.5) is 0 Å². The van der Waals surface area contributed by atoms with Gasteiger partial charge in [-0.25, -0.2) is 0 Å². The van der Waals surface area contributed by atoms with Crippen molar-refractivity contribution in [1.29, 1.82) is 0 Å². The van der Waals surface area contributed by atoms with Gasteiger partial charge in [0.05, 0.1) is 5.52 Å². The molecule has 0 spiro atoms. The Hall–Kier alpha value is -1.72. The van der Waals surface area contributed by atoms with E-state index in [0.717, 1.165) is 0 Å². The van der Waals surface area contributed by atoms with E-state index < -0.39 is 16.7 Å². The third kappa shape index (κ3) is 1.91. The summed E-state index contributed by atoms with van der Waals surface area (Å²) in [7, 11) is 0. The molecule has 1 N–H and O–H groups in total. The summed E-state index contributed by atoms with van der Waals surface area (Å²) in [6, 6.07) is 6.97. The molecule has 4 nitrogen and oxygen atoms in total. The molecule has 0 bridgehead atoms. The minimum absolute atomic E-state index is 0.0597. The minimum atomic E-state index is -1.54. The van der Waals surface area contributed by atoms with E-state index in [1.54, 1.807) is 30.3 Å². The summed E-state index contributed by atoms with van der Waals surface area (Å²) in [4.78, 5) is 12.1. The fourth-order valence-electron chi connectivity index (χ4n) is 1.93. The van der Waals surface area contributed by atoms with Crippen LogP contribution in [0.1, 0.15) is 0 Å². The van der Waals surface area contributed by atoms with E-state index in [1.165, 1.54) is 10.8 Å². The van der Waals surface area contributed by atoms with Crippen LogP contribution in [0.15, 0.2) is 46.6 Å². The van der Waals surface area contributed by atoms with Crippen LogP contribution in [-0.2, 0) is 17.7 Å². The van der Waals surface area contributed by atoms with Crippen molar-refractivity contribution in [2.24, 2.45) is 0 Å². The van der Waals surface area contributed by atoms with Crippen molar-refractivity contribution in [3.8, 4) is 5.75 Å². The Morgan fingerprint density at radius 2 is 2.17 bits per heavy atom. The van der Waals surface area contributed by atoms with E-state index in [9.17, 15) is 14.5 Å². The second-order valence-corrected chi connectivity index (χ2v) is 5.17. The number of nitrogens with zero attached hydrogens (tertiary/aromatic N) is 1. The molecule has 18 heavy (non-hydrogen) atoms. The molecule has 5 heteroatoms. The molecule has 0 radical (unpaired) electrons. The highest BCUT2D eigenvalue weighted by molar-refractivity contribution is 7.90. The first-order chi connectivity index (χ1) is 8.57. The zero-order valence-electron chi connectivity index (χ0n) is 9.92. The average molecular weight is 263 g/mol. The molecule has 0 aliphatic rings. The smallest absolute Gasteiger partial charge is 0.310 e. The second-order valence-electron chi connectivity index (χ2n) is 3.85. The van der Waals surface area contributed by atoms with Gasteiger partial charge in [-0.15, -0.1) is 6.58 Å². The van der Waals surface area contributed by atoms with Gasteiger partial charge in [-0.3, -0.25) is 9.36 Å². The number of fused-ring (bicyclic) bond motifs is 1. The average Bonchev–Trinajstić information content (AvgIpc) is 2.34. The van der Waals surface area contributed by atoms with Gasteiger partial charge < -0.3 is 9.66 Å². The number of hydrogen-bond acceptors (Lipinski definition) is 3. The monoisotopic (exact) mass is 263 g/mol. The lowest BCUT2D eigenvalue weighted by Gasteiger charge is -2.13. The van der Waals surface area contributed by atoms with Crippen LogP contribution < -0.4 is 5.56 Å². The minimum Gasteiger partial charge on any atom is -0.611 e. The van der Waals surface area contributed by atoms with Gasteiger partial charge in [-0.2, -0.15) is 0 Å². The third-order valence-electron chi connectivity index (χ3n) is 2.70. The SMILES string of the molecule is C=CCn1c(=O)c([S+](C)[O-])c(O)c2ccccc21. The molecule has 0 amide bonds. The topological polar surface area (TPSA) is 65.3 Å². The number of pyridine rings is 1. The quantitative estimate of drug-likeness (QED) is 0.676. The number of aromatic nitrogens is 1. The molecule has 0 aliphatic carbocycles.